The maximum absolute atomic E-state index is 12.7. The smallest absolute Gasteiger partial charge is 0.332 e. The van der Waals surface area contributed by atoms with Gasteiger partial charge in [-0.3, -0.25) is 19.4 Å². The van der Waals surface area contributed by atoms with Gasteiger partial charge in [0, 0.05) is 18.8 Å². The van der Waals surface area contributed by atoms with E-state index in [2.05, 4.69) is 6.92 Å². The summed E-state index contributed by atoms with van der Waals surface area (Å²) in [6.07, 6.45) is 1.94. The molecule has 0 N–H and O–H groups in total. The summed E-state index contributed by atoms with van der Waals surface area (Å²) in [6, 6.07) is 6.46. The third-order valence-corrected chi connectivity index (χ3v) is 5.19. The Morgan fingerprint density at radius 2 is 1.68 bits per heavy atom. The molecule has 25 heavy (non-hydrogen) atoms. The monoisotopic (exact) mass is 343 g/mol. The summed E-state index contributed by atoms with van der Waals surface area (Å²) in [5.74, 6) is 0.159. The Labute approximate surface area is 148 Å². The third kappa shape index (κ3) is 3.38. The molecule has 6 nitrogen and oxygen atoms in total. The maximum atomic E-state index is 12.7. The molecule has 1 aromatic rings. The molecule has 0 bridgehead atoms. The second-order valence-electron chi connectivity index (χ2n) is 7.15. The van der Waals surface area contributed by atoms with E-state index < -0.39 is 12.1 Å². The number of aryl methyl sites for hydroxylation is 1. The number of likely N-dealkylation sites (tertiary alicyclic amines) is 1. The van der Waals surface area contributed by atoms with Crippen molar-refractivity contribution in [3.05, 3.63) is 29.8 Å². The molecule has 3 rings (SSSR count). The first kappa shape index (κ1) is 17.5. The van der Waals surface area contributed by atoms with Crippen LogP contribution < -0.4 is 4.90 Å². The Hall–Kier alpha value is -2.37. The Kier molecular flexibility index (Phi) is 4.79. The summed E-state index contributed by atoms with van der Waals surface area (Å²) >= 11 is 0. The molecule has 0 aliphatic carbocycles. The molecular weight excluding hydrogens is 318 g/mol. The fourth-order valence-corrected chi connectivity index (χ4v) is 3.40. The van der Waals surface area contributed by atoms with Gasteiger partial charge in [-0.15, -0.1) is 0 Å². The van der Waals surface area contributed by atoms with Crippen LogP contribution in [0.5, 0.6) is 0 Å². The molecule has 0 unspecified atom stereocenters. The Morgan fingerprint density at radius 1 is 1.08 bits per heavy atom. The molecule has 2 aliphatic rings. The highest BCUT2D eigenvalue weighted by molar-refractivity contribution is 6.15. The zero-order valence-electron chi connectivity index (χ0n) is 15.1. The summed E-state index contributed by atoms with van der Waals surface area (Å²) in [4.78, 5) is 42.1. The van der Waals surface area contributed by atoms with E-state index in [9.17, 15) is 14.4 Å². The van der Waals surface area contributed by atoms with Crippen LogP contribution in [0.3, 0.4) is 0 Å². The number of nitrogens with zero attached hydrogens (tertiary/aromatic N) is 3. The van der Waals surface area contributed by atoms with Crippen molar-refractivity contribution in [1.29, 1.82) is 0 Å². The fourth-order valence-electron chi connectivity index (χ4n) is 3.40. The van der Waals surface area contributed by atoms with Crippen molar-refractivity contribution in [2.24, 2.45) is 5.92 Å². The molecule has 1 aromatic carbocycles. The summed E-state index contributed by atoms with van der Waals surface area (Å²) in [6.45, 7) is 7.08. The lowest BCUT2D eigenvalue weighted by molar-refractivity contribution is -0.138. The highest BCUT2D eigenvalue weighted by Gasteiger charge is 2.44. The molecular formula is C19H25N3O3. The number of piperidine rings is 1. The van der Waals surface area contributed by atoms with Gasteiger partial charge in [0.05, 0.1) is 0 Å². The third-order valence-electron chi connectivity index (χ3n) is 5.19. The SMILES string of the molecule is Cc1ccc(N2C(=O)N(CC(=O)N3CCC(C)CC3)C(=O)[C@H]2C)cc1. The zero-order valence-corrected chi connectivity index (χ0v) is 15.1. The lowest BCUT2D eigenvalue weighted by Crippen LogP contribution is -2.46. The first-order chi connectivity index (χ1) is 11.9. The van der Waals surface area contributed by atoms with Crippen molar-refractivity contribution in [2.45, 2.75) is 39.7 Å². The van der Waals surface area contributed by atoms with Crippen LogP contribution in [-0.4, -0.2) is 53.3 Å². The predicted molar refractivity (Wildman–Crippen MR) is 95.2 cm³/mol. The molecule has 6 heteroatoms. The number of imide groups is 1. The Balaban J connectivity index is 1.72. The Morgan fingerprint density at radius 3 is 2.28 bits per heavy atom. The van der Waals surface area contributed by atoms with Crippen molar-refractivity contribution in [3.8, 4) is 0 Å². The van der Waals surface area contributed by atoms with Gasteiger partial charge in [-0.25, -0.2) is 4.79 Å². The van der Waals surface area contributed by atoms with Crippen molar-refractivity contribution in [3.63, 3.8) is 0 Å². The molecule has 0 saturated carbocycles. The average Bonchev–Trinajstić information content (AvgIpc) is 2.80. The number of hydrogen-bond donors (Lipinski definition) is 0. The molecule has 2 heterocycles. The second-order valence-corrected chi connectivity index (χ2v) is 7.15. The van der Waals surface area contributed by atoms with E-state index in [1.54, 1.807) is 11.8 Å². The van der Waals surface area contributed by atoms with Crippen LogP contribution in [0.15, 0.2) is 24.3 Å². The number of hydrogen-bond acceptors (Lipinski definition) is 3. The van der Waals surface area contributed by atoms with Crippen LogP contribution in [0, 0.1) is 12.8 Å². The fraction of sp³-hybridized carbons (Fsp3) is 0.526. The molecule has 134 valence electrons. The lowest BCUT2D eigenvalue weighted by Gasteiger charge is -2.31. The van der Waals surface area contributed by atoms with Crippen LogP contribution in [-0.2, 0) is 9.59 Å². The standard InChI is InChI=1S/C19H25N3O3/c1-13-4-6-16(7-5-13)22-15(3)18(24)21(19(22)25)12-17(23)20-10-8-14(2)9-11-20/h4-7,14-15H,8-12H2,1-3H3/t15-/m1/s1. The first-order valence-corrected chi connectivity index (χ1v) is 8.87. The van der Waals surface area contributed by atoms with Crippen molar-refractivity contribution >= 4 is 23.5 Å². The van der Waals surface area contributed by atoms with Crippen LogP contribution in [0.1, 0.15) is 32.3 Å². The normalized spacial score (nSPS) is 22.0. The van der Waals surface area contributed by atoms with Gasteiger partial charge in [-0.05, 0) is 44.7 Å². The molecule has 0 radical (unpaired) electrons. The highest BCUT2D eigenvalue weighted by atomic mass is 16.2. The van der Waals surface area contributed by atoms with Gasteiger partial charge in [0.1, 0.15) is 12.6 Å². The van der Waals surface area contributed by atoms with Gasteiger partial charge >= 0.3 is 6.03 Å². The highest BCUT2D eigenvalue weighted by Crippen LogP contribution is 2.26. The minimum absolute atomic E-state index is 0.147. The van der Waals surface area contributed by atoms with Gasteiger partial charge in [-0.2, -0.15) is 0 Å². The van der Waals surface area contributed by atoms with E-state index in [0.717, 1.165) is 23.3 Å². The van der Waals surface area contributed by atoms with E-state index in [1.807, 2.05) is 31.2 Å². The van der Waals surface area contributed by atoms with Crippen LogP contribution in [0.4, 0.5) is 10.5 Å². The maximum Gasteiger partial charge on any atom is 0.332 e. The van der Waals surface area contributed by atoms with Crippen molar-refractivity contribution in [2.75, 3.05) is 24.5 Å². The summed E-state index contributed by atoms with van der Waals surface area (Å²) in [7, 11) is 0. The Bertz CT molecular complexity index is 678. The molecule has 0 aromatic heterocycles. The number of urea groups is 1. The largest absolute Gasteiger partial charge is 0.341 e. The molecule has 2 saturated heterocycles. The topological polar surface area (TPSA) is 60.9 Å². The average molecular weight is 343 g/mol. The summed E-state index contributed by atoms with van der Waals surface area (Å²) in [5, 5.41) is 0. The number of benzene rings is 1. The van der Waals surface area contributed by atoms with Gasteiger partial charge in [0.25, 0.3) is 5.91 Å². The molecule has 2 fully saturated rings. The number of rotatable bonds is 3. The quantitative estimate of drug-likeness (QED) is 0.792. The molecule has 4 amide bonds. The number of carbonyl (C=O) groups excluding carboxylic acids is 3. The zero-order chi connectivity index (χ0) is 18.1. The number of amides is 4. The van der Waals surface area contributed by atoms with E-state index in [-0.39, 0.29) is 18.4 Å². The first-order valence-electron chi connectivity index (χ1n) is 8.87. The lowest BCUT2D eigenvalue weighted by atomic mass is 9.99. The number of carbonyl (C=O) groups is 3. The summed E-state index contributed by atoms with van der Waals surface area (Å²) < 4.78 is 0. The van der Waals surface area contributed by atoms with E-state index in [4.69, 9.17) is 0 Å². The van der Waals surface area contributed by atoms with Crippen molar-refractivity contribution < 1.29 is 14.4 Å². The van der Waals surface area contributed by atoms with Crippen LogP contribution in [0.25, 0.3) is 0 Å². The van der Waals surface area contributed by atoms with E-state index >= 15 is 0 Å². The van der Waals surface area contributed by atoms with Crippen LogP contribution in [0.2, 0.25) is 0 Å². The molecule has 1 atom stereocenters. The predicted octanol–water partition coefficient (Wildman–Crippen LogP) is 2.41. The molecule has 0 spiro atoms. The number of anilines is 1. The van der Waals surface area contributed by atoms with Gasteiger partial charge in [0.15, 0.2) is 0 Å². The van der Waals surface area contributed by atoms with E-state index in [1.165, 1.54) is 4.90 Å². The van der Waals surface area contributed by atoms with Crippen molar-refractivity contribution in [1.82, 2.24) is 9.80 Å². The minimum Gasteiger partial charge on any atom is -0.341 e. The summed E-state index contributed by atoms with van der Waals surface area (Å²) in [5.41, 5.74) is 1.76. The second kappa shape index (κ2) is 6.86. The van der Waals surface area contributed by atoms with E-state index in [0.29, 0.717) is 24.7 Å². The minimum atomic E-state index is -0.593. The van der Waals surface area contributed by atoms with Crippen LogP contribution >= 0.6 is 0 Å². The van der Waals surface area contributed by atoms with Gasteiger partial charge < -0.3 is 4.90 Å². The molecule has 2 aliphatic heterocycles. The van der Waals surface area contributed by atoms with Gasteiger partial charge in [0.2, 0.25) is 5.91 Å². The van der Waals surface area contributed by atoms with Gasteiger partial charge in [-0.1, -0.05) is 24.6 Å².